The van der Waals surface area contributed by atoms with E-state index in [1.165, 1.54) is 11.1 Å². The number of rotatable bonds is 2. The number of benzene rings is 1. The fourth-order valence-corrected chi connectivity index (χ4v) is 1.33. The van der Waals surface area contributed by atoms with Crippen molar-refractivity contribution in [3.63, 3.8) is 0 Å². The van der Waals surface area contributed by atoms with Crippen molar-refractivity contribution in [2.24, 2.45) is 0 Å². The molecule has 70 valence electrons. The molecule has 1 unspecified atom stereocenters. The largest absolute Gasteiger partial charge is 0.0845 e. The smallest absolute Gasteiger partial charge is 0.0326 e. The van der Waals surface area contributed by atoms with Crippen LogP contribution in [0.1, 0.15) is 19.4 Å². The van der Waals surface area contributed by atoms with E-state index in [-0.39, 0.29) is 0 Å². The van der Waals surface area contributed by atoms with E-state index in [2.05, 4.69) is 76.0 Å². The molecule has 13 heavy (non-hydrogen) atoms. The zero-order chi connectivity index (χ0) is 9.84. The Morgan fingerprint density at radius 3 is 2.31 bits per heavy atom. The van der Waals surface area contributed by atoms with E-state index in [1.807, 2.05) is 0 Å². The van der Waals surface area contributed by atoms with Crippen molar-refractivity contribution < 1.29 is 0 Å². The van der Waals surface area contributed by atoms with Crippen molar-refractivity contribution in [3.05, 3.63) is 39.9 Å². The molecule has 1 rings (SSSR count). The van der Waals surface area contributed by atoms with Crippen molar-refractivity contribution in [3.8, 4) is 0 Å². The Bertz CT molecular complexity index is 296. The van der Waals surface area contributed by atoms with E-state index in [0.717, 1.165) is 4.47 Å². The molecule has 2 heteroatoms. The Morgan fingerprint density at radius 2 is 1.85 bits per heavy atom. The highest BCUT2D eigenvalue weighted by atomic mass is 79.9. The lowest BCUT2D eigenvalue weighted by molar-refractivity contribution is 1.16. The van der Waals surface area contributed by atoms with Gasteiger partial charge in [0.15, 0.2) is 0 Å². The summed E-state index contributed by atoms with van der Waals surface area (Å²) in [4.78, 5) is 0.441. The third kappa shape index (κ3) is 3.65. The zero-order valence-electron chi connectivity index (χ0n) is 7.72. The third-order valence-corrected chi connectivity index (χ3v) is 3.14. The van der Waals surface area contributed by atoms with E-state index in [1.54, 1.807) is 0 Å². The third-order valence-electron chi connectivity index (χ3n) is 1.89. The molecule has 1 aromatic carbocycles. The first-order chi connectivity index (χ1) is 6.09. The van der Waals surface area contributed by atoms with Crippen LogP contribution in [0.2, 0.25) is 0 Å². The van der Waals surface area contributed by atoms with Gasteiger partial charge in [0.25, 0.3) is 0 Å². The Morgan fingerprint density at radius 1 is 1.31 bits per heavy atom. The monoisotopic (exact) mass is 302 g/mol. The second kappa shape index (κ2) is 4.97. The average Bonchev–Trinajstić information content (AvgIpc) is 2.08. The van der Waals surface area contributed by atoms with Gasteiger partial charge < -0.3 is 0 Å². The number of alkyl halides is 1. The van der Waals surface area contributed by atoms with Crippen LogP contribution in [0.4, 0.5) is 0 Å². The van der Waals surface area contributed by atoms with Gasteiger partial charge in [0.05, 0.1) is 0 Å². The van der Waals surface area contributed by atoms with Gasteiger partial charge in [0.1, 0.15) is 0 Å². The van der Waals surface area contributed by atoms with Crippen molar-refractivity contribution in [1.82, 2.24) is 0 Å². The maximum absolute atomic E-state index is 3.53. The summed E-state index contributed by atoms with van der Waals surface area (Å²) in [6.45, 7) is 4.26. The summed E-state index contributed by atoms with van der Waals surface area (Å²) in [5, 5.41) is 0. The highest BCUT2D eigenvalue weighted by Crippen LogP contribution is 2.17. The van der Waals surface area contributed by atoms with Crippen LogP contribution in [0.5, 0.6) is 0 Å². The molecule has 0 aliphatic carbocycles. The summed E-state index contributed by atoms with van der Waals surface area (Å²) >= 11 is 6.94. The van der Waals surface area contributed by atoms with Gasteiger partial charge in [-0.2, -0.15) is 0 Å². The first-order valence-corrected chi connectivity index (χ1v) is 5.88. The summed E-state index contributed by atoms with van der Waals surface area (Å²) < 4.78 is 1.12. The van der Waals surface area contributed by atoms with Crippen LogP contribution in [-0.4, -0.2) is 4.83 Å². The minimum Gasteiger partial charge on any atom is -0.0845 e. The Balaban J connectivity index is 2.85. The topological polar surface area (TPSA) is 0 Å². The van der Waals surface area contributed by atoms with Crippen LogP contribution in [0, 0.1) is 0 Å². The first kappa shape index (κ1) is 11.0. The van der Waals surface area contributed by atoms with Gasteiger partial charge in [-0.1, -0.05) is 55.6 Å². The molecule has 0 aliphatic heterocycles. The Labute approximate surface area is 96.3 Å². The molecule has 0 nitrogen and oxygen atoms in total. The highest BCUT2D eigenvalue weighted by Gasteiger charge is 1.97. The first-order valence-electron chi connectivity index (χ1n) is 4.17. The summed E-state index contributed by atoms with van der Waals surface area (Å²) in [7, 11) is 0. The van der Waals surface area contributed by atoms with E-state index < -0.39 is 0 Å². The van der Waals surface area contributed by atoms with Crippen LogP contribution in [-0.2, 0) is 0 Å². The molecule has 0 bridgehead atoms. The molecule has 0 heterocycles. The second-order valence-corrected chi connectivity index (χ2v) is 5.35. The molecule has 0 spiro atoms. The number of halogens is 2. The van der Waals surface area contributed by atoms with Crippen molar-refractivity contribution in [2.45, 2.75) is 18.7 Å². The average molecular weight is 304 g/mol. The zero-order valence-corrected chi connectivity index (χ0v) is 10.9. The second-order valence-electron chi connectivity index (χ2n) is 3.06. The lowest BCUT2D eigenvalue weighted by Crippen LogP contribution is -1.90. The number of allylic oxidation sites excluding steroid dienone is 1. The van der Waals surface area contributed by atoms with E-state index in [9.17, 15) is 0 Å². The molecule has 0 aromatic heterocycles. The predicted molar refractivity (Wildman–Crippen MR) is 66.2 cm³/mol. The van der Waals surface area contributed by atoms with Crippen LogP contribution in [0.15, 0.2) is 34.3 Å². The fraction of sp³-hybridized carbons (Fsp3) is 0.273. The molecular formula is C11H12Br2. The molecule has 0 saturated carbocycles. The molecule has 0 fully saturated rings. The minimum absolute atomic E-state index is 0.441. The number of hydrogen-bond acceptors (Lipinski definition) is 0. The van der Waals surface area contributed by atoms with Gasteiger partial charge >= 0.3 is 0 Å². The fourth-order valence-electron chi connectivity index (χ4n) is 0.937. The van der Waals surface area contributed by atoms with Gasteiger partial charge in [-0.05, 0) is 31.5 Å². The standard InChI is InChI=1S/C11H12Br2/c1-8(9(2)12)7-10-3-5-11(13)6-4-10/h3-7,9H,1-2H3/b8-7+. The van der Waals surface area contributed by atoms with Gasteiger partial charge in [0.2, 0.25) is 0 Å². The van der Waals surface area contributed by atoms with Crippen LogP contribution in [0.25, 0.3) is 6.08 Å². The molecule has 1 atom stereocenters. The lowest BCUT2D eigenvalue weighted by Gasteiger charge is -2.03. The Kier molecular flexibility index (Phi) is 4.20. The van der Waals surface area contributed by atoms with Crippen molar-refractivity contribution in [1.29, 1.82) is 0 Å². The molecule has 0 aliphatic rings. The highest BCUT2D eigenvalue weighted by molar-refractivity contribution is 9.10. The molecular weight excluding hydrogens is 292 g/mol. The molecule has 0 saturated heterocycles. The van der Waals surface area contributed by atoms with Gasteiger partial charge in [-0.15, -0.1) is 0 Å². The molecule has 1 aromatic rings. The van der Waals surface area contributed by atoms with Gasteiger partial charge in [-0.3, -0.25) is 0 Å². The minimum atomic E-state index is 0.441. The predicted octanol–water partition coefficient (Wildman–Crippen LogP) is 4.64. The number of hydrogen-bond donors (Lipinski definition) is 0. The maximum atomic E-state index is 3.53. The SMILES string of the molecule is C/C(=C\c1ccc(Br)cc1)C(C)Br. The summed E-state index contributed by atoms with van der Waals surface area (Å²) in [6, 6.07) is 8.31. The van der Waals surface area contributed by atoms with Crippen LogP contribution < -0.4 is 0 Å². The van der Waals surface area contributed by atoms with Crippen LogP contribution in [0.3, 0.4) is 0 Å². The molecule has 0 amide bonds. The normalized spacial score (nSPS) is 14.3. The summed E-state index contributed by atoms with van der Waals surface area (Å²) in [5.74, 6) is 0. The van der Waals surface area contributed by atoms with Crippen molar-refractivity contribution in [2.75, 3.05) is 0 Å². The maximum Gasteiger partial charge on any atom is 0.0326 e. The molecule has 0 radical (unpaired) electrons. The molecule has 0 N–H and O–H groups in total. The van der Waals surface area contributed by atoms with E-state index in [0.29, 0.717) is 4.83 Å². The van der Waals surface area contributed by atoms with E-state index >= 15 is 0 Å². The lowest BCUT2D eigenvalue weighted by atomic mass is 10.1. The quantitative estimate of drug-likeness (QED) is 0.699. The van der Waals surface area contributed by atoms with Gasteiger partial charge in [-0.25, -0.2) is 0 Å². The summed E-state index contributed by atoms with van der Waals surface area (Å²) in [6.07, 6.45) is 2.19. The van der Waals surface area contributed by atoms with Crippen LogP contribution >= 0.6 is 31.9 Å². The summed E-state index contributed by atoms with van der Waals surface area (Å²) in [5.41, 5.74) is 2.58. The Hall–Kier alpha value is -0.0800. The van der Waals surface area contributed by atoms with Crippen molar-refractivity contribution >= 4 is 37.9 Å². The van der Waals surface area contributed by atoms with Gasteiger partial charge in [0, 0.05) is 9.30 Å². The van der Waals surface area contributed by atoms with E-state index in [4.69, 9.17) is 0 Å².